The molecule has 0 bridgehead atoms. The predicted octanol–water partition coefficient (Wildman–Crippen LogP) is 3.81. The van der Waals surface area contributed by atoms with Crippen LogP contribution in [0.5, 0.6) is 0 Å². The fourth-order valence-electron chi connectivity index (χ4n) is 4.44. The third kappa shape index (κ3) is 4.41. The van der Waals surface area contributed by atoms with Crippen LogP contribution in [0.1, 0.15) is 21.5 Å². The van der Waals surface area contributed by atoms with Gasteiger partial charge in [0.25, 0.3) is 5.91 Å². The highest BCUT2D eigenvalue weighted by Crippen LogP contribution is 2.22. The van der Waals surface area contributed by atoms with Crippen molar-refractivity contribution >= 4 is 16.8 Å². The molecule has 0 aliphatic carbocycles. The van der Waals surface area contributed by atoms with Gasteiger partial charge in [-0.15, -0.1) is 0 Å². The van der Waals surface area contributed by atoms with Crippen molar-refractivity contribution in [2.75, 3.05) is 26.3 Å². The van der Waals surface area contributed by atoms with Gasteiger partial charge in [-0.05, 0) is 35.7 Å². The molecule has 0 saturated carbocycles. The quantitative estimate of drug-likeness (QED) is 0.487. The molecule has 1 aliphatic rings. The molecule has 1 saturated heterocycles. The summed E-state index contributed by atoms with van der Waals surface area (Å²) >= 11 is 0. The maximum Gasteiger partial charge on any atom is 0.254 e. The maximum atomic E-state index is 13.5. The van der Waals surface area contributed by atoms with Crippen molar-refractivity contribution in [2.45, 2.75) is 13.0 Å². The summed E-state index contributed by atoms with van der Waals surface area (Å²) < 4.78 is 7.74. The molecule has 3 heterocycles. The van der Waals surface area contributed by atoms with E-state index in [2.05, 4.69) is 34.3 Å². The van der Waals surface area contributed by atoms with Gasteiger partial charge in [-0.2, -0.15) is 5.10 Å². The van der Waals surface area contributed by atoms with Crippen LogP contribution in [-0.4, -0.2) is 51.9 Å². The molecule has 5 rings (SSSR count). The first-order valence-corrected chi connectivity index (χ1v) is 11.0. The number of amides is 1. The van der Waals surface area contributed by atoms with Gasteiger partial charge in [-0.3, -0.25) is 14.5 Å². The second-order valence-corrected chi connectivity index (χ2v) is 8.25. The normalized spacial score (nSPS) is 16.8. The summed E-state index contributed by atoms with van der Waals surface area (Å²) in [6.45, 7) is 3.03. The smallest absolute Gasteiger partial charge is 0.254 e. The molecule has 162 valence electrons. The van der Waals surface area contributed by atoms with Gasteiger partial charge in [0.15, 0.2) is 0 Å². The van der Waals surface area contributed by atoms with Gasteiger partial charge in [0.2, 0.25) is 0 Å². The van der Waals surface area contributed by atoms with E-state index in [1.807, 2.05) is 58.4 Å². The molecule has 6 nitrogen and oxygen atoms in total. The van der Waals surface area contributed by atoms with Crippen molar-refractivity contribution in [3.05, 3.63) is 95.9 Å². The summed E-state index contributed by atoms with van der Waals surface area (Å²) in [5.74, 6) is 0.270. The lowest BCUT2D eigenvalue weighted by atomic mass is 9.97. The molecular weight excluding hydrogens is 400 g/mol. The SMILES string of the molecule is O=C(c1ccccc1Cn1cccn1)N1CCOCC(Cc2cccc3cccnc23)C1. The zero-order valence-electron chi connectivity index (χ0n) is 17.9. The van der Waals surface area contributed by atoms with E-state index in [4.69, 9.17) is 4.74 Å². The number of hydrogen-bond acceptors (Lipinski definition) is 4. The number of nitrogens with zero attached hydrogens (tertiary/aromatic N) is 4. The van der Waals surface area contributed by atoms with Gasteiger partial charge >= 0.3 is 0 Å². The number of benzene rings is 2. The van der Waals surface area contributed by atoms with E-state index < -0.39 is 0 Å². The lowest BCUT2D eigenvalue weighted by Crippen LogP contribution is -2.37. The molecule has 1 aliphatic heterocycles. The van der Waals surface area contributed by atoms with Gasteiger partial charge in [0.05, 0.1) is 25.3 Å². The average molecular weight is 427 g/mol. The minimum absolute atomic E-state index is 0.0549. The van der Waals surface area contributed by atoms with E-state index in [9.17, 15) is 4.79 Å². The van der Waals surface area contributed by atoms with Crippen molar-refractivity contribution in [1.82, 2.24) is 19.7 Å². The molecule has 6 heteroatoms. The van der Waals surface area contributed by atoms with E-state index in [1.165, 1.54) is 5.56 Å². The van der Waals surface area contributed by atoms with Crippen molar-refractivity contribution in [2.24, 2.45) is 5.92 Å². The van der Waals surface area contributed by atoms with Crippen molar-refractivity contribution < 1.29 is 9.53 Å². The Morgan fingerprint density at radius 1 is 1.00 bits per heavy atom. The highest BCUT2D eigenvalue weighted by atomic mass is 16.5. The standard InChI is InChI=1S/C26H26N4O2/c31-26(24-10-2-1-6-23(24)18-30-13-5-12-28-30)29-14-15-32-19-20(17-29)16-22-8-3-7-21-9-4-11-27-25(21)22/h1-13,20H,14-19H2. The Kier molecular flexibility index (Phi) is 5.94. The summed E-state index contributed by atoms with van der Waals surface area (Å²) in [6, 6.07) is 20.0. The fraction of sp³-hybridized carbons (Fsp3) is 0.269. The first-order valence-electron chi connectivity index (χ1n) is 11.0. The first kappa shape index (κ1) is 20.4. The third-order valence-electron chi connectivity index (χ3n) is 5.99. The van der Waals surface area contributed by atoms with Crippen molar-refractivity contribution in [3.63, 3.8) is 0 Å². The molecule has 32 heavy (non-hydrogen) atoms. The van der Waals surface area contributed by atoms with Crippen LogP contribution in [0.2, 0.25) is 0 Å². The highest BCUT2D eigenvalue weighted by Gasteiger charge is 2.25. The number of carbonyl (C=O) groups excluding carboxylic acids is 1. The number of ether oxygens (including phenoxy) is 1. The molecule has 4 aromatic rings. The molecule has 2 aromatic carbocycles. The number of hydrogen-bond donors (Lipinski definition) is 0. The molecule has 0 spiro atoms. The van der Waals surface area contributed by atoms with Gasteiger partial charge < -0.3 is 9.64 Å². The third-order valence-corrected chi connectivity index (χ3v) is 5.99. The Bertz CT molecular complexity index is 1200. The summed E-state index contributed by atoms with van der Waals surface area (Å²) in [5, 5.41) is 5.43. The van der Waals surface area contributed by atoms with Crippen LogP contribution in [0.3, 0.4) is 0 Å². The number of rotatable bonds is 5. The second-order valence-electron chi connectivity index (χ2n) is 8.25. The minimum atomic E-state index is 0.0549. The van der Waals surface area contributed by atoms with Crippen molar-refractivity contribution in [1.29, 1.82) is 0 Å². The lowest BCUT2D eigenvalue weighted by Gasteiger charge is -2.25. The molecular formula is C26H26N4O2. The molecule has 1 unspecified atom stereocenters. The molecule has 0 N–H and O–H groups in total. The highest BCUT2D eigenvalue weighted by molar-refractivity contribution is 5.95. The zero-order chi connectivity index (χ0) is 21.8. The molecule has 1 atom stereocenters. The van der Waals surface area contributed by atoms with Crippen LogP contribution in [0.15, 0.2) is 79.3 Å². The predicted molar refractivity (Wildman–Crippen MR) is 123 cm³/mol. The van der Waals surface area contributed by atoms with Crippen LogP contribution < -0.4 is 0 Å². The van der Waals surface area contributed by atoms with E-state index >= 15 is 0 Å². The topological polar surface area (TPSA) is 60.2 Å². The Labute approximate surface area is 187 Å². The number of para-hydroxylation sites is 1. The van der Waals surface area contributed by atoms with E-state index in [0.29, 0.717) is 32.8 Å². The number of fused-ring (bicyclic) bond motifs is 1. The number of pyridine rings is 1. The van der Waals surface area contributed by atoms with Gasteiger partial charge in [0, 0.05) is 48.5 Å². The Morgan fingerprint density at radius 3 is 2.78 bits per heavy atom. The Hall–Kier alpha value is -3.51. The average Bonchev–Trinajstić information content (AvgIpc) is 3.23. The van der Waals surface area contributed by atoms with Gasteiger partial charge in [-0.1, -0.05) is 42.5 Å². The number of carbonyl (C=O) groups is 1. The molecule has 1 fully saturated rings. The van der Waals surface area contributed by atoms with E-state index in [0.717, 1.165) is 28.5 Å². The summed E-state index contributed by atoms with van der Waals surface area (Å²) in [5.41, 5.74) is 3.93. The first-order chi connectivity index (χ1) is 15.8. The van der Waals surface area contributed by atoms with Crippen LogP contribution in [-0.2, 0) is 17.7 Å². The zero-order valence-corrected chi connectivity index (χ0v) is 17.9. The van der Waals surface area contributed by atoms with E-state index in [-0.39, 0.29) is 11.8 Å². The second kappa shape index (κ2) is 9.32. The molecule has 2 aromatic heterocycles. The van der Waals surface area contributed by atoms with Gasteiger partial charge in [-0.25, -0.2) is 0 Å². The molecule has 1 amide bonds. The minimum Gasteiger partial charge on any atom is -0.379 e. The van der Waals surface area contributed by atoms with Crippen molar-refractivity contribution in [3.8, 4) is 0 Å². The Balaban J connectivity index is 1.36. The summed E-state index contributed by atoms with van der Waals surface area (Å²) in [4.78, 5) is 20.1. The van der Waals surface area contributed by atoms with Crippen LogP contribution >= 0.6 is 0 Å². The van der Waals surface area contributed by atoms with Gasteiger partial charge in [0.1, 0.15) is 0 Å². The van der Waals surface area contributed by atoms with Crippen LogP contribution in [0.4, 0.5) is 0 Å². The van der Waals surface area contributed by atoms with E-state index in [1.54, 1.807) is 6.20 Å². The maximum absolute atomic E-state index is 13.5. The van der Waals surface area contributed by atoms with Crippen LogP contribution in [0.25, 0.3) is 10.9 Å². The molecule has 0 radical (unpaired) electrons. The fourth-order valence-corrected chi connectivity index (χ4v) is 4.44. The van der Waals surface area contributed by atoms with Crippen LogP contribution in [0, 0.1) is 5.92 Å². The summed E-state index contributed by atoms with van der Waals surface area (Å²) in [6.07, 6.45) is 6.33. The largest absolute Gasteiger partial charge is 0.379 e. The number of aromatic nitrogens is 3. The Morgan fingerprint density at radius 2 is 1.88 bits per heavy atom. The lowest BCUT2D eigenvalue weighted by molar-refractivity contribution is 0.0736. The summed E-state index contributed by atoms with van der Waals surface area (Å²) in [7, 11) is 0. The monoisotopic (exact) mass is 426 g/mol.